The van der Waals surface area contributed by atoms with Gasteiger partial charge in [-0.05, 0) is 80.3 Å². The van der Waals surface area contributed by atoms with Crippen molar-refractivity contribution in [3.8, 4) is 11.1 Å². The molecule has 0 atom stereocenters. The summed E-state index contributed by atoms with van der Waals surface area (Å²) in [4.78, 5) is 12.7. The molecule has 0 amide bonds. The average molecular weight is 501 g/mol. The summed E-state index contributed by atoms with van der Waals surface area (Å²) in [5.41, 5.74) is 1.86. The van der Waals surface area contributed by atoms with Gasteiger partial charge in [-0.2, -0.15) is 0 Å². The van der Waals surface area contributed by atoms with Crippen molar-refractivity contribution in [3.05, 3.63) is 82.8 Å². The van der Waals surface area contributed by atoms with E-state index >= 15 is 0 Å². The molecule has 0 saturated carbocycles. The predicted octanol–water partition coefficient (Wildman–Crippen LogP) is 6.22. The summed E-state index contributed by atoms with van der Waals surface area (Å²) >= 11 is 3.43. The van der Waals surface area contributed by atoms with Gasteiger partial charge in [0, 0.05) is 10.9 Å². The van der Waals surface area contributed by atoms with Crippen LogP contribution in [0, 0.1) is 0 Å². The molecule has 6 heteroatoms. The fourth-order valence-electron chi connectivity index (χ4n) is 3.21. The standard InChI is InChI=1S/C25H25BrO4S/c1-25(2,3)30-24(27)16-12-20-17-19(18-9-13-21(26)14-10-18)11-15-23(20)31(28,29)22-7-5-4-6-8-22/h4-11,13-15,17H,12,16H2,1-3H3. The lowest BCUT2D eigenvalue weighted by molar-refractivity contribution is -0.154. The highest BCUT2D eigenvalue weighted by Crippen LogP contribution is 2.30. The topological polar surface area (TPSA) is 60.4 Å². The molecule has 0 fully saturated rings. The fraction of sp³-hybridized carbons (Fsp3) is 0.240. The van der Waals surface area contributed by atoms with Crippen LogP contribution in [0.3, 0.4) is 0 Å². The Kier molecular flexibility index (Phi) is 7.02. The van der Waals surface area contributed by atoms with E-state index < -0.39 is 15.4 Å². The highest BCUT2D eigenvalue weighted by atomic mass is 79.9. The fourth-order valence-corrected chi connectivity index (χ4v) is 5.00. The van der Waals surface area contributed by atoms with E-state index in [1.54, 1.807) is 42.5 Å². The molecule has 0 bridgehead atoms. The Labute approximate surface area is 192 Å². The first-order valence-corrected chi connectivity index (χ1v) is 12.2. The summed E-state index contributed by atoms with van der Waals surface area (Å²) in [6, 6.07) is 21.4. The first-order valence-electron chi connectivity index (χ1n) is 9.97. The summed E-state index contributed by atoms with van der Waals surface area (Å²) in [7, 11) is -3.72. The number of halogens is 1. The maximum atomic E-state index is 13.3. The van der Waals surface area contributed by atoms with Gasteiger partial charge in [0.1, 0.15) is 5.60 Å². The van der Waals surface area contributed by atoms with Crippen LogP contribution in [0.15, 0.2) is 87.1 Å². The Balaban J connectivity index is 2.01. The number of carbonyl (C=O) groups is 1. The Morgan fingerprint density at radius 2 is 1.52 bits per heavy atom. The highest BCUT2D eigenvalue weighted by Gasteiger charge is 2.23. The Hall–Kier alpha value is -2.44. The van der Waals surface area contributed by atoms with E-state index in [2.05, 4.69) is 15.9 Å². The lowest BCUT2D eigenvalue weighted by Gasteiger charge is -2.20. The molecule has 162 valence electrons. The number of rotatable bonds is 6. The summed E-state index contributed by atoms with van der Waals surface area (Å²) in [6.45, 7) is 5.43. The smallest absolute Gasteiger partial charge is 0.306 e. The van der Waals surface area contributed by atoms with Crippen LogP contribution < -0.4 is 0 Å². The number of hydrogen-bond acceptors (Lipinski definition) is 4. The molecule has 31 heavy (non-hydrogen) atoms. The van der Waals surface area contributed by atoms with Gasteiger partial charge < -0.3 is 4.74 Å². The predicted molar refractivity (Wildman–Crippen MR) is 126 cm³/mol. The van der Waals surface area contributed by atoms with Crippen molar-refractivity contribution < 1.29 is 17.9 Å². The van der Waals surface area contributed by atoms with E-state index in [0.717, 1.165) is 15.6 Å². The minimum Gasteiger partial charge on any atom is -0.460 e. The zero-order valence-electron chi connectivity index (χ0n) is 17.8. The normalized spacial score (nSPS) is 11.9. The minimum atomic E-state index is -3.72. The molecule has 0 heterocycles. The van der Waals surface area contributed by atoms with E-state index in [1.165, 1.54) is 0 Å². The molecule has 4 nitrogen and oxygen atoms in total. The third-order valence-corrected chi connectivity index (χ3v) is 7.00. The Bertz CT molecular complexity index is 1160. The van der Waals surface area contributed by atoms with Gasteiger partial charge in [-0.3, -0.25) is 4.79 Å². The van der Waals surface area contributed by atoms with Crippen molar-refractivity contribution in [2.45, 2.75) is 49.0 Å². The average Bonchev–Trinajstić information content (AvgIpc) is 2.72. The zero-order chi connectivity index (χ0) is 22.6. The summed E-state index contributed by atoms with van der Waals surface area (Å²) < 4.78 is 33.0. The molecular formula is C25H25BrO4S. The molecular weight excluding hydrogens is 476 g/mol. The van der Waals surface area contributed by atoms with Crippen LogP contribution in [0.5, 0.6) is 0 Å². The molecule has 0 aliphatic carbocycles. The van der Waals surface area contributed by atoms with Gasteiger partial charge in [0.05, 0.1) is 9.79 Å². The summed E-state index contributed by atoms with van der Waals surface area (Å²) in [5, 5.41) is 0. The van der Waals surface area contributed by atoms with Gasteiger partial charge in [0.2, 0.25) is 9.84 Å². The second-order valence-corrected chi connectivity index (χ2v) is 11.1. The van der Waals surface area contributed by atoms with Gasteiger partial charge in [0.25, 0.3) is 0 Å². The SMILES string of the molecule is CC(C)(C)OC(=O)CCc1cc(-c2ccc(Br)cc2)ccc1S(=O)(=O)c1ccccc1. The molecule has 0 spiro atoms. The van der Waals surface area contributed by atoms with Crippen molar-refractivity contribution in [1.82, 2.24) is 0 Å². The second kappa shape index (κ2) is 9.37. The van der Waals surface area contributed by atoms with Crippen LogP contribution in [0.2, 0.25) is 0 Å². The first-order chi connectivity index (χ1) is 14.6. The van der Waals surface area contributed by atoms with E-state index in [4.69, 9.17) is 4.74 Å². The number of carbonyl (C=O) groups excluding carboxylic acids is 1. The number of aryl methyl sites for hydroxylation is 1. The van der Waals surface area contributed by atoms with Gasteiger partial charge in [-0.15, -0.1) is 0 Å². The number of esters is 1. The van der Waals surface area contributed by atoms with E-state index in [-0.39, 0.29) is 28.6 Å². The third-order valence-electron chi connectivity index (χ3n) is 4.60. The van der Waals surface area contributed by atoms with E-state index in [9.17, 15) is 13.2 Å². The molecule has 0 unspecified atom stereocenters. The molecule has 3 aromatic rings. The third kappa shape index (κ3) is 6.05. The van der Waals surface area contributed by atoms with Crippen LogP contribution >= 0.6 is 15.9 Å². The van der Waals surface area contributed by atoms with E-state index in [0.29, 0.717) is 5.56 Å². The lowest BCUT2D eigenvalue weighted by Crippen LogP contribution is -2.24. The van der Waals surface area contributed by atoms with Crippen LogP contribution in [0.4, 0.5) is 0 Å². The van der Waals surface area contributed by atoms with Crippen LogP contribution in [-0.2, 0) is 25.8 Å². The first kappa shape index (κ1) is 23.2. The van der Waals surface area contributed by atoms with Crippen LogP contribution in [-0.4, -0.2) is 20.0 Å². The summed E-state index contributed by atoms with van der Waals surface area (Å²) in [6.07, 6.45) is 0.360. The molecule has 0 radical (unpaired) electrons. The van der Waals surface area contributed by atoms with Crippen LogP contribution in [0.1, 0.15) is 32.8 Å². The zero-order valence-corrected chi connectivity index (χ0v) is 20.2. The van der Waals surface area contributed by atoms with Gasteiger partial charge in [0.15, 0.2) is 0 Å². The van der Waals surface area contributed by atoms with Crippen molar-refractivity contribution in [2.75, 3.05) is 0 Å². The summed E-state index contributed by atoms with van der Waals surface area (Å²) in [5.74, 6) is -0.357. The van der Waals surface area contributed by atoms with Crippen molar-refractivity contribution >= 4 is 31.7 Å². The van der Waals surface area contributed by atoms with E-state index in [1.807, 2.05) is 51.1 Å². The van der Waals surface area contributed by atoms with Crippen LogP contribution in [0.25, 0.3) is 11.1 Å². The second-order valence-electron chi connectivity index (χ2n) is 8.23. The maximum Gasteiger partial charge on any atom is 0.306 e. The largest absolute Gasteiger partial charge is 0.460 e. The Morgan fingerprint density at radius 3 is 2.13 bits per heavy atom. The molecule has 3 aromatic carbocycles. The van der Waals surface area contributed by atoms with Crippen molar-refractivity contribution in [1.29, 1.82) is 0 Å². The molecule has 3 rings (SSSR count). The van der Waals surface area contributed by atoms with Crippen molar-refractivity contribution in [2.24, 2.45) is 0 Å². The number of benzene rings is 3. The molecule has 0 aliphatic heterocycles. The molecule has 0 aliphatic rings. The molecule has 0 N–H and O–H groups in total. The maximum absolute atomic E-state index is 13.3. The quantitative estimate of drug-likeness (QED) is 0.376. The number of ether oxygens (including phenoxy) is 1. The highest BCUT2D eigenvalue weighted by molar-refractivity contribution is 9.10. The Morgan fingerprint density at radius 1 is 0.903 bits per heavy atom. The number of sulfone groups is 1. The molecule has 0 aromatic heterocycles. The number of hydrogen-bond donors (Lipinski definition) is 0. The van der Waals surface area contributed by atoms with Crippen molar-refractivity contribution in [3.63, 3.8) is 0 Å². The lowest BCUT2D eigenvalue weighted by atomic mass is 10.0. The monoisotopic (exact) mass is 500 g/mol. The van der Waals surface area contributed by atoms with Gasteiger partial charge in [-0.25, -0.2) is 8.42 Å². The molecule has 0 saturated heterocycles. The van der Waals surface area contributed by atoms with Gasteiger partial charge >= 0.3 is 5.97 Å². The van der Waals surface area contributed by atoms with Gasteiger partial charge in [-0.1, -0.05) is 52.3 Å². The minimum absolute atomic E-state index is 0.0956.